The Morgan fingerprint density at radius 3 is 2.59 bits per heavy atom. The summed E-state index contributed by atoms with van der Waals surface area (Å²) < 4.78 is 0.955. The number of amides is 1. The number of hydrogen-bond acceptors (Lipinski definition) is 2. The van der Waals surface area contributed by atoms with E-state index in [-0.39, 0.29) is 11.9 Å². The second-order valence-corrected chi connectivity index (χ2v) is 7.95. The molecule has 1 aromatic heterocycles. The smallest absolute Gasteiger partial charge is 0.254 e. The fourth-order valence-corrected chi connectivity index (χ4v) is 4.33. The normalized spacial score (nSPS) is 15.2. The molecular weight excluding hydrogens is 337 g/mol. The van der Waals surface area contributed by atoms with Gasteiger partial charge in [-0.25, -0.2) is 0 Å². The quantitative estimate of drug-likeness (QED) is 0.783. The van der Waals surface area contributed by atoms with Gasteiger partial charge < -0.3 is 5.32 Å². The number of fused-ring (bicyclic) bond motifs is 1. The maximum Gasteiger partial charge on any atom is 0.254 e. The summed E-state index contributed by atoms with van der Waals surface area (Å²) in [4.78, 5) is 12.3. The van der Waals surface area contributed by atoms with Gasteiger partial charge >= 0.3 is 0 Å². The van der Waals surface area contributed by atoms with Gasteiger partial charge in [-0.2, -0.15) is 0 Å². The molecule has 116 valence electrons. The summed E-state index contributed by atoms with van der Waals surface area (Å²) in [6, 6.07) is 8.08. The van der Waals surface area contributed by atoms with Crippen LogP contribution in [0.1, 0.15) is 52.9 Å². The number of benzene rings is 1. The van der Waals surface area contributed by atoms with Crippen molar-refractivity contribution in [2.45, 2.75) is 38.6 Å². The van der Waals surface area contributed by atoms with E-state index in [9.17, 15) is 4.79 Å². The van der Waals surface area contributed by atoms with Crippen LogP contribution >= 0.6 is 34.5 Å². The number of carbonyl (C=O) groups excluding carboxylic acids is 1. The second kappa shape index (κ2) is 6.61. The van der Waals surface area contributed by atoms with E-state index in [0.29, 0.717) is 14.2 Å². The summed E-state index contributed by atoms with van der Waals surface area (Å²) in [6.07, 6.45) is 4.82. The van der Waals surface area contributed by atoms with Crippen LogP contribution in [-0.4, -0.2) is 5.91 Å². The Kier molecular flexibility index (Phi) is 4.76. The maximum absolute atomic E-state index is 12.3. The first-order chi connectivity index (χ1) is 10.5. The highest BCUT2D eigenvalue weighted by Gasteiger charge is 2.18. The predicted molar refractivity (Wildman–Crippen MR) is 93.3 cm³/mol. The van der Waals surface area contributed by atoms with Gasteiger partial charge in [0.2, 0.25) is 0 Å². The van der Waals surface area contributed by atoms with Gasteiger partial charge in [-0.05, 0) is 55.4 Å². The van der Waals surface area contributed by atoms with Gasteiger partial charge in [0.25, 0.3) is 5.91 Å². The van der Waals surface area contributed by atoms with Gasteiger partial charge in [-0.15, -0.1) is 11.3 Å². The first kappa shape index (κ1) is 15.9. The van der Waals surface area contributed by atoms with E-state index in [0.717, 1.165) is 12.0 Å². The molecule has 3 rings (SSSR count). The van der Waals surface area contributed by atoms with Crippen molar-refractivity contribution in [3.63, 3.8) is 0 Å². The Morgan fingerprint density at radius 1 is 1.18 bits per heavy atom. The van der Waals surface area contributed by atoms with Crippen LogP contribution in [0.25, 0.3) is 0 Å². The number of carbonyl (C=O) groups is 1. The summed E-state index contributed by atoms with van der Waals surface area (Å²) in [5, 5.41) is 3.00. The molecule has 0 saturated heterocycles. The van der Waals surface area contributed by atoms with Crippen molar-refractivity contribution in [1.29, 1.82) is 0 Å². The molecule has 2 nitrogen and oxygen atoms in total. The van der Waals surface area contributed by atoms with Crippen LogP contribution in [0.3, 0.4) is 0 Å². The van der Waals surface area contributed by atoms with Crippen molar-refractivity contribution in [3.8, 4) is 0 Å². The lowest BCUT2D eigenvalue weighted by atomic mass is 9.89. The van der Waals surface area contributed by atoms with E-state index in [2.05, 4.69) is 23.5 Å². The molecule has 5 heteroatoms. The summed E-state index contributed by atoms with van der Waals surface area (Å²) in [5.41, 5.74) is 4.44. The third-order valence-electron chi connectivity index (χ3n) is 4.12. The molecule has 0 fully saturated rings. The number of nitrogens with one attached hydrogen (secondary N) is 1. The van der Waals surface area contributed by atoms with Crippen molar-refractivity contribution < 1.29 is 4.79 Å². The third kappa shape index (κ3) is 3.32. The Balaban J connectivity index is 1.75. The Morgan fingerprint density at radius 2 is 1.91 bits per heavy atom. The van der Waals surface area contributed by atoms with Gasteiger partial charge in [0.1, 0.15) is 4.34 Å². The molecule has 1 unspecified atom stereocenters. The number of hydrogen-bond donors (Lipinski definition) is 1. The molecule has 0 radical (unpaired) electrons. The second-order valence-electron chi connectivity index (χ2n) is 5.67. The Bertz CT molecular complexity index is 711. The van der Waals surface area contributed by atoms with Gasteiger partial charge in [-0.1, -0.05) is 41.4 Å². The molecule has 1 N–H and O–H groups in total. The van der Waals surface area contributed by atoms with E-state index in [1.54, 1.807) is 6.07 Å². The topological polar surface area (TPSA) is 29.1 Å². The molecular formula is C17H17Cl2NOS. The number of aryl methyl sites for hydroxylation is 2. The van der Waals surface area contributed by atoms with Crippen LogP contribution in [0.15, 0.2) is 24.3 Å². The molecule has 0 spiro atoms. The Labute approximate surface area is 144 Å². The van der Waals surface area contributed by atoms with Gasteiger partial charge in [-0.3, -0.25) is 4.79 Å². The fourth-order valence-electron chi connectivity index (χ4n) is 2.88. The third-order valence-corrected chi connectivity index (χ3v) is 5.61. The maximum atomic E-state index is 12.3. The molecule has 2 aromatic rings. The molecule has 0 saturated carbocycles. The van der Waals surface area contributed by atoms with E-state index in [4.69, 9.17) is 23.2 Å². The highest BCUT2D eigenvalue weighted by molar-refractivity contribution is 7.20. The number of thiophene rings is 1. The molecule has 1 atom stereocenters. The van der Waals surface area contributed by atoms with Crippen LogP contribution in [0.5, 0.6) is 0 Å². The van der Waals surface area contributed by atoms with Crippen molar-refractivity contribution >= 4 is 40.4 Å². The van der Waals surface area contributed by atoms with Crippen molar-refractivity contribution in [2.75, 3.05) is 0 Å². The minimum atomic E-state index is -0.182. The monoisotopic (exact) mass is 353 g/mol. The van der Waals surface area contributed by atoms with Crippen LogP contribution in [0, 0.1) is 0 Å². The Hall–Kier alpha value is -1.03. The van der Waals surface area contributed by atoms with Crippen LogP contribution in [0.4, 0.5) is 0 Å². The van der Waals surface area contributed by atoms with E-state index in [1.165, 1.54) is 41.7 Å². The minimum Gasteiger partial charge on any atom is -0.345 e. The average Bonchev–Trinajstić information content (AvgIpc) is 2.85. The molecule has 1 aliphatic carbocycles. The average molecular weight is 354 g/mol. The summed E-state index contributed by atoms with van der Waals surface area (Å²) >= 11 is 13.1. The van der Waals surface area contributed by atoms with Crippen molar-refractivity contribution in [1.82, 2.24) is 5.32 Å². The fraction of sp³-hybridized carbons (Fsp3) is 0.353. The lowest BCUT2D eigenvalue weighted by Gasteiger charge is -2.20. The highest BCUT2D eigenvalue weighted by Crippen LogP contribution is 2.31. The van der Waals surface area contributed by atoms with Crippen molar-refractivity contribution in [2.24, 2.45) is 0 Å². The van der Waals surface area contributed by atoms with Gasteiger partial charge in [0, 0.05) is 0 Å². The van der Waals surface area contributed by atoms with E-state index in [1.807, 2.05) is 6.92 Å². The standard InChI is InChI=1S/C17H17Cl2NOS/c1-10(20-17(21)14-9-15(18)22-16(14)19)12-7-6-11-4-2-3-5-13(11)8-12/h6-10H,2-5H2,1H3,(H,20,21). The first-order valence-electron chi connectivity index (χ1n) is 7.42. The molecule has 1 aromatic carbocycles. The predicted octanol–water partition coefficient (Wildman–Crippen LogP) is 5.42. The molecule has 1 heterocycles. The van der Waals surface area contributed by atoms with Crippen LogP contribution in [-0.2, 0) is 12.8 Å². The molecule has 0 aliphatic heterocycles. The minimum absolute atomic E-state index is 0.0607. The molecule has 22 heavy (non-hydrogen) atoms. The highest BCUT2D eigenvalue weighted by atomic mass is 35.5. The van der Waals surface area contributed by atoms with Crippen molar-refractivity contribution in [3.05, 3.63) is 55.2 Å². The zero-order chi connectivity index (χ0) is 15.7. The number of rotatable bonds is 3. The largest absolute Gasteiger partial charge is 0.345 e. The lowest BCUT2D eigenvalue weighted by molar-refractivity contribution is 0.0940. The van der Waals surface area contributed by atoms with Crippen LogP contribution < -0.4 is 5.32 Å². The van der Waals surface area contributed by atoms with Crippen LogP contribution in [0.2, 0.25) is 8.67 Å². The lowest BCUT2D eigenvalue weighted by Crippen LogP contribution is -2.26. The van der Waals surface area contributed by atoms with Gasteiger partial charge in [0.15, 0.2) is 0 Å². The summed E-state index contributed by atoms with van der Waals surface area (Å²) in [5.74, 6) is -0.182. The summed E-state index contributed by atoms with van der Waals surface area (Å²) in [7, 11) is 0. The zero-order valence-corrected chi connectivity index (χ0v) is 14.6. The summed E-state index contributed by atoms with van der Waals surface area (Å²) in [6.45, 7) is 1.99. The van der Waals surface area contributed by atoms with E-state index < -0.39 is 0 Å². The number of halogens is 2. The molecule has 1 amide bonds. The molecule has 0 bridgehead atoms. The van der Waals surface area contributed by atoms with Gasteiger partial charge in [0.05, 0.1) is 15.9 Å². The first-order valence-corrected chi connectivity index (χ1v) is 8.99. The van der Waals surface area contributed by atoms with E-state index >= 15 is 0 Å². The molecule has 1 aliphatic rings. The SMILES string of the molecule is CC(NC(=O)c1cc(Cl)sc1Cl)c1ccc2c(c1)CCCC2. The zero-order valence-electron chi connectivity index (χ0n) is 12.3.